The Balaban J connectivity index is 1.49. The Bertz CT molecular complexity index is 1100. The molecular weight excluding hydrogens is 408 g/mol. The molecule has 1 unspecified atom stereocenters. The molecule has 0 saturated carbocycles. The number of halogens is 1. The predicted octanol–water partition coefficient (Wildman–Crippen LogP) is 4.58. The summed E-state index contributed by atoms with van der Waals surface area (Å²) < 4.78 is 1.80. The minimum atomic E-state index is -0.506. The summed E-state index contributed by atoms with van der Waals surface area (Å²) in [5, 5.41) is 10.4. The van der Waals surface area contributed by atoms with E-state index in [2.05, 4.69) is 15.7 Å². The van der Waals surface area contributed by atoms with Gasteiger partial charge < -0.3 is 10.6 Å². The molecule has 0 fully saturated rings. The summed E-state index contributed by atoms with van der Waals surface area (Å²) in [7, 11) is 0. The van der Waals surface area contributed by atoms with Gasteiger partial charge in [-0.3, -0.25) is 9.59 Å². The molecule has 0 aliphatic carbocycles. The number of amides is 2. The van der Waals surface area contributed by atoms with Crippen molar-refractivity contribution in [1.29, 1.82) is 0 Å². The van der Waals surface area contributed by atoms with Gasteiger partial charge in [-0.25, -0.2) is 4.68 Å². The van der Waals surface area contributed by atoms with Crippen molar-refractivity contribution < 1.29 is 9.59 Å². The van der Waals surface area contributed by atoms with Crippen molar-refractivity contribution in [3.63, 3.8) is 0 Å². The summed E-state index contributed by atoms with van der Waals surface area (Å²) in [6.45, 7) is 3.76. The molecule has 0 radical (unpaired) electrons. The van der Waals surface area contributed by atoms with E-state index < -0.39 is 5.25 Å². The highest BCUT2D eigenvalue weighted by atomic mass is 35.5. The van der Waals surface area contributed by atoms with E-state index in [1.165, 1.54) is 11.8 Å². The number of carbonyl (C=O) groups excluding carboxylic acids is 2. The van der Waals surface area contributed by atoms with Gasteiger partial charge in [-0.1, -0.05) is 29.8 Å². The first-order valence-corrected chi connectivity index (χ1v) is 10.4. The quantitative estimate of drug-likeness (QED) is 0.640. The Labute approximate surface area is 177 Å². The lowest BCUT2D eigenvalue weighted by Crippen LogP contribution is -2.32. The van der Waals surface area contributed by atoms with Crippen molar-refractivity contribution >= 4 is 46.6 Å². The zero-order chi connectivity index (χ0) is 20.5. The van der Waals surface area contributed by atoms with Crippen LogP contribution in [0.1, 0.15) is 17.8 Å². The van der Waals surface area contributed by atoms with Gasteiger partial charge >= 0.3 is 0 Å². The van der Waals surface area contributed by atoms with Crippen molar-refractivity contribution in [2.45, 2.75) is 30.4 Å². The lowest BCUT2D eigenvalue weighted by Gasteiger charge is -2.23. The van der Waals surface area contributed by atoms with Crippen molar-refractivity contribution in [3.05, 3.63) is 64.9 Å². The SMILES string of the molecule is Cc1nn(-c2ccccc2)c(C)c1NC(=O)CC1Sc2ccc(Cl)cc2NC1=O. The Kier molecular flexibility index (Phi) is 5.34. The zero-order valence-electron chi connectivity index (χ0n) is 15.9. The van der Waals surface area contributed by atoms with E-state index in [-0.39, 0.29) is 18.2 Å². The second-order valence-electron chi connectivity index (χ2n) is 6.78. The largest absolute Gasteiger partial charge is 0.324 e. The zero-order valence-corrected chi connectivity index (χ0v) is 17.5. The first kappa shape index (κ1) is 19.5. The van der Waals surface area contributed by atoms with Crippen LogP contribution in [0.2, 0.25) is 5.02 Å². The molecule has 1 atom stereocenters. The molecule has 8 heteroatoms. The molecule has 1 aliphatic rings. The van der Waals surface area contributed by atoms with Crippen LogP contribution >= 0.6 is 23.4 Å². The Hall–Kier alpha value is -2.77. The lowest BCUT2D eigenvalue weighted by molar-refractivity contribution is -0.120. The summed E-state index contributed by atoms with van der Waals surface area (Å²) >= 11 is 7.35. The number of fused-ring (bicyclic) bond motifs is 1. The number of aryl methyl sites for hydroxylation is 1. The molecule has 1 aromatic heterocycles. The minimum Gasteiger partial charge on any atom is -0.324 e. The standard InChI is InChI=1S/C21H19ClN4O2S/c1-12-20(13(2)26(25-12)15-6-4-3-5-7-15)24-19(27)11-18-21(28)23-16-10-14(22)8-9-17(16)29-18/h3-10,18H,11H2,1-2H3,(H,23,28)(H,24,27). The average molecular weight is 427 g/mol. The second-order valence-corrected chi connectivity index (χ2v) is 8.46. The minimum absolute atomic E-state index is 0.0635. The van der Waals surface area contributed by atoms with E-state index in [9.17, 15) is 9.59 Å². The molecule has 4 rings (SSSR count). The van der Waals surface area contributed by atoms with Gasteiger partial charge in [0.1, 0.15) is 0 Å². The van der Waals surface area contributed by atoms with Gasteiger partial charge in [0, 0.05) is 16.3 Å². The summed E-state index contributed by atoms with van der Waals surface area (Å²) in [6.07, 6.45) is 0.0635. The number of aromatic nitrogens is 2. The van der Waals surface area contributed by atoms with E-state index in [1.54, 1.807) is 16.8 Å². The molecule has 2 heterocycles. The normalized spacial score (nSPS) is 15.6. The van der Waals surface area contributed by atoms with Crippen molar-refractivity contribution in [2.75, 3.05) is 10.6 Å². The predicted molar refractivity (Wildman–Crippen MR) is 116 cm³/mol. The van der Waals surface area contributed by atoms with Crippen molar-refractivity contribution in [3.8, 4) is 5.69 Å². The maximum absolute atomic E-state index is 12.7. The number of carbonyl (C=O) groups is 2. The molecule has 3 aromatic rings. The summed E-state index contributed by atoms with van der Waals surface area (Å²) in [5.74, 6) is -0.429. The fourth-order valence-corrected chi connectivity index (χ4v) is 4.52. The molecule has 148 valence electrons. The molecule has 29 heavy (non-hydrogen) atoms. The Morgan fingerprint density at radius 2 is 2.00 bits per heavy atom. The molecule has 0 bridgehead atoms. The maximum atomic E-state index is 12.7. The van der Waals surface area contributed by atoms with Crippen LogP contribution in [0.5, 0.6) is 0 Å². The van der Waals surface area contributed by atoms with E-state index in [0.29, 0.717) is 16.4 Å². The van der Waals surface area contributed by atoms with E-state index in [1.807, 2.05) is 50.2 Å². The van der Waals surface area contributed by atoms with Gasteiger partial charge in [-0.15, -0.1) is 11.8 Å². The molecule has 6 nitrogen and oxygen atoms in total. The molecule has 2 amide bonds. The van der Waals surface area contributed by atoms with Crippen LogP contribution in [0.25, 0.3) is 5.69 Å². The molecular formula is C21H19ClN4O2S. The number of nitrogens with zero attached hydrogens (tertiary/aromatic N) is 2. The highest BCUT2D eigenvalue weighted by Gasteiger charge is 2.29. The first-order valence-electron chi connectivity index (χ1n) is 9.11. The number of hydrogen-bond acceptors (Lipinski definition) is 4. The number of hydrogen-bond donors (Lipinski definition) is 2. The van der Waals surface area contributed by atoms with E-state index in [0.717, 1.165) is 22.0 Å². The number of nitrogens with one attached hydrogen (secondary N) is 2. The Morgan fingerprint density at radius 1 is 1.24 bits per heavy atom. The third-order valence-corrected chi connectivity index (χ3v) is 6.20. The van der Waals surface area contributed by atoms with Gasteiger partial charge in [-0.2, -0.15) is 5.10 Å². The third-order valence-electron chi connectivity index (χ3n) is 4.69. The van der Waals surface area contributed by atoms with Gasteiger partial charge in [0.05, 0.1) is 33.7 Å². The van der Waals surface area contributed by atoms with Crippen LogP contribution in [-0.4, -0.2) is 26.8 Å². The highest BCUT2D eigenvalue weighted by Crippen LogP contribution is 2.38. The maximum Gasteiger partial charge on any atom is 0.238 e. The van der Waals surface area contributed by atoms with Crippen molar-refractivity contribution in [2.24, 2.45) is 0 Å². The van der Waals surface area contributed by atoms with Crippen LogP contribution in [0.15, 0.2) is 53.4 Å². The number of anilines is 2. The third kappa shape index (κ3) is 4.02. The van der Waals surface area contributed by atoms with Crippen LogP contribution in [0, 0.1) is 13.8 Å². The summed E-state index contributed by atoms with van der Waals surface area (Å²) in [6, 6.07) is 15.1. The van der Waals surface area contributed by atoms with Crippen LogP contribution in [-0.2, 0) is 9.59 Å². The van der Waals surface area contributed by atoms with Gasteiger partial charge in [0.2, 0.25) is 11.8 Å². The molecule has 0 spiro atoms. The average Bonchev–Trinajstić information content (AvgIpc) is 2.97. The van der Waals surface area contributed by atoms with Crippen LogP contribution in [0.4, 0.5) is 11.4 Å². The van der Waals surface area contributed by atoms with Crippen LogP contribution in [0.3, 0.4) is 0 Å². The first-order chi connectivity index (χ1) is 13.9. The van der Waals surface area contributed by atoms with E-state index in [4.69, 9.17) is 11.6 Å². The van der Waals surface area contributed by atoms with E-state index >= 15 is 0 Å². The monoisotopic (exact) mass is 426 g/mol. The van der Waals surface area contributed by atoms with Gasteiger partial charge in [-0.05, 0) is 44.2 Å². The van der Waals surface area contributed by atoms with Crippen LogP contribution < -0.4 is 10.6 Å². The lowest BCUT2D eigenvalue weighted by atomic mass is 10.2. The van der Waals surface area contributed by atoms with Crippen molar-refractivity contribution in [1.82, 2.24) is 9.78 Å². The Morgan fingerprint density at radius 3 is 2.76 bits per heavy atom. The summed E-state index contributed by atoms with van der Waals surface area (Å²) in [4.78, 5) is 26.0. The van der Waals surface area contributed by atoms with Gasteiger partial charge in [0.25, 0.3) is 0 Å². The number of para-hydroxylation sites is 1. The molecule has 2 N–H and O–H groups in total. The molecule has 2 aromatic carbocycles. The smallest absolute Gasteiger partial charge is 0.238 e. The number of thioether (sulfide) groups is 1. The molecule has 1 aliphatic heterocycles. The number of benzene rings is 2. The second kappa shape index (κ2) is 7.93. The fourth-order valence-electron chi connectivity index (χ4n) is 3.26. The fraction of sp³-hybridized carbons (Fsp3) is 0.190. The topological polar surface area (TPSA) is 76.0 Å². The summed E-state index contributed by atoms with van der Waals surface area (Å²) in [5.41, 5.74) is 3.83. The van der Waals surface area contributed by atoms with Gasteiger partial charge in [0.15, 0.2) is 0 Å². The number of rotatable bonds is 4. The molecule has 0 saturated heterocycles. The highest BCUT2D eigenvalue weighted by molar-refractivity contribution is 8.01.